The van der Waals surface area contributed by atoms with E-state index >= 15 is 0 Å². The van der Waals surface area contributed by atoms with Gasteiger partial charge in [0.25, 0.3) is 0 Å². The first-order chi connectivity index (χ1) is 12.8. The molecule has 0 nitrogen and oxygen atoms in total. The van der Waals surface area contributed by atoms with Crippen LogP contribution in [-0.2, 0) is 0 Å². The fourth-order valence-corrected chi connectivity index (χ4v) is 3.65. The fourth-order valence-electron chi connectivity index (χ4n) is 3.65. The van der Waals surface area contributed by atoms with Crippen molar-refractivity contribution in [2.75, 3.05) is 0 Å². The van der Waals surface area contributed by atoms with Gasteiger partial charge in [-0.2, -0.15) is 0 Å². The molecule has 0 aromatic heterocycles. The van der Waals surface area contributed by atoms with Gasteiger partial charge in [0.05, 0.1) is 0 Å². The zero-order valence-corrected chi connectivity index (χ0v) is 20.1. The molecule has 0 unspecified atom stereocenters. The third-order valence-corrected chi connectivity index (χ3v) is 5.99. The molecule has 3 aliphatic rings. The van der Waals surface area contributed by atoms with Crippen molar-refractivity contribution < 1.29 is 8.78 Å². The van der Waals surface area contributed by atoms with Crippen molar-refractivity contribution >= 4 is 0 Å². The number of halogens is 2. The molecule has 0 amide bonds. The lowest BCUT2D eigenvalue weighted by Gasteiger charge is -2.30. The van der Waals surface area contributed by atoms with E-state index in [0.717, 1.165) is 11.8 Å². The Morgan fingerprint density at radius 1 is 0.630 bits per heavy atom. The van der Waals surface area contributed by atoms with Crippen LogP contribution in [-0.4, -0.2) is 5.92 Å². The van der Waals surface area contributed by atoms with Gasteiger partial charge in [0, 0.05) is 12.8 Å². The maximum atomic E-state index is 12.6. The van der Waals surface area contributed by atoms with E-state index in [-0.39, 0.29) is 12.8 Å². The molecule has 166 valence electrons. The second kappa shape index (κ2) is 17.9. The third kappa shape index (κ3) is 16.5. The van der Waals surface area contributed by atoms with Crippen LogP contribution in [0.4, 0.5) is 8.78 Å². The molecular weight excluding hydrogens is 338 g/mol. The smallest absolute Gasteiger partial charge is 0.207 e. The van der Waals surface area contributed by atoms with Gasteiger partial charge in [0.1, 0.15) is 0 Å². The zero-order chi connectivity index (χ0) is 21.3. The molecule has 0 aromatic rings. The van der Waals surface area contributed by atoms with Gasteiger partial charge in [-0.25, -0.2) is 8.78 Å². The molecule has 0 N–H and O–H groups in total. The van der Waals surface area contributed by atoms with Gasteiger partial charge in [-0.15, -0.1) is 0 Å². The predicted molar refractivity (Wildman–Crippen MR) is 120 cm³/mol. The van der Waals surface area contributed by atoms with E-state index in [9.17, 15) is 8.78 Å². The highest BCUT2D eigenvalue weighted by Crippen LogP contribution is 2.38. The van der Waals surface area contributed by atoms with Crippen molar-refractivity contribution in [1.82, 2.24) is 0 Å². The van der Waals surface area contributed by atoms with Gasteiger partial charge in [-0.1, -0.05) is 107 Å². The van der Waals surface area contributed by atoms with E-state index < -0.39 is 5.92 Å². The van der Waals surface area contributed by atoms with Crippen LogP contribution in [0.15, 0.2) is 0 Å². The first-order valence-electron chi connectivity index (χ1n) is 12.2. The molecule has 0 saturated heterocycles. The highest BCUT2D eigenvalue weighted by molar-refractivity contribution is 4.78. The van der Waals surface area contributed by atoms with Crippen LogP contribution in [0.5, 0.6) is 0 Å². The quantitative estimate of drug-likeness (QED) is 0.418. The average Bonchev–Trinajstić information content (AvgIpc) is 2.65. The number of alkyl halides is 2. The molecule has 3 fully saturated rings. The lowest BCUT2D eigenvalue weighted by atomic mass is 9.80. The summed E-state index contributed by atoms with van der Waals surface area (Å²) in [7, 11) is 0. The van der Waals surface area contributed by atoms with E-state index in [1.165, 1.54) is 51.4 Å². The van der Waals surface area contributed by atoms with Crippen LogP contribution in [0.2, 0.25) is 0 Å². The highest BCUT2D eigenvalue weighted by atomic mass is 19.3. The molecule has 0 radical (unpaired) electrons. The molecule has 27 heavy (non-hydrogen) atoms. The Bertz CT molecular complexity index is 279. The van der Waals surface area contributed by atoms with Crippen LogP contribution in [0.3, 0.4) is 0 Å². The molecule has 0 atom stereocenters. The number of hydrogen-bond donors (Lipinski definition) is 0. The second-order valence-electron chi connectivity index (χ2n) is 8.72. The Kier molecular flexibility index (Phi) is 19.3. The predicted octanol–water partition coefficient (Wildman–Crippen LogP) is 9.91. The summed E-state index contributed by atoms with van der Waals surface area (Å²) in [6.07, 6.45) is 13.5. The highest BCUT2D eigenvalue weighted by Gasteiger charge is 2.35. The van der Waals surface area contributed by atoms with E-state index in [1.807, 2.05) is 27.7 Å². The third-order valence-electron chi connectivity index (χ3n) is 5.99. The fraction of sp³-hybridized carbons (Fsp3) is 1.00. The summed E-state index contributed by atoms with van der Waals surface area (Å²) in [4.78, 5) is 0. The molecule has 3 saturated carbocycles. The van der Waals surface area contributed by atoms with Crippen molar-refractivity contribution in [3.05, 3.63) is 0 Å². The summed E-state index contributed by atoms with van der Waals surface area (Å²) in [5, 5.41) is 0. The summed E-state index contributed by atoms with van der Waals surface area (Å²) in [6, 6.07) is 0. The summed E-state index contributed by atoms with van der Waals surface area (Å²) >= 11 is 0. The average molecular weight is 391 g/mol. The first-order valence-corrected chi connectivity index (χ1v) is 12.2. The maximum absolute atomic E-state index is 12.6. The van der Waals surface area contributed by atoms with Crippen LogP contribution in [0, 0.1) is 23.7 Å². The standard InChI is InChI=1S/C9H16F2.C7H14.C5H10.2C2H6/c1-7(2)8-3-5-9(10,11)6-4-8;1-7-5-3-2-4-6-7;1-5-3-2-4-5;2*1-2/h7-8H,3-6H2,1-2H3;7H,2-6H2,1H3;5H,2-4H2,1H3;2*1-2H3. The molecule has 3 rings (SSSR count). The Labute approximate surface area is 171 Å². The minimum atomic E-state index is -2.36. The first kappa shape index (κ1) is 29.1. The summed E-state index contributed by atoms with van der Waals surface area (Å²) in [5.41, 5.74) is 0. The van der Waals surface area contributed by atoms with Crippen LogP contribution in [0.25, 0.3) is 0 Å². The molecule has 0 aliphatic heterocycles. The SMILES string of the molecule is CC.CC.CC(C)C1CCC(F)(F)CC1.CC1CCC1.CC1CCCCC1. The van der Waals surface area contributed by atoms with Gasteiger partial charge in [-0.3, -0.25) is 0 Å². The molecule has 2 heteroatoms. The molecule has 0 heterocycles. The zero-order valence-electron chi connectivity index (χ0n) is 20.1. The minimum Gasteiger partial charge on any atom is -0.207 e. The Hall–Kier alpha value is -0.140. The van der Waals surface area contributed by atoms with Crippen molar-refractivity contribution in [2.45, 2.75) is 138 Å². The molecule has 0 aromatic carbocycles. The van der Waals surface area contributed by atoms with E-state index in [4.69, 9.17) is 0 Å². The normalized spacial score (nSPS) is 22.3. The van der Waals surface area contributed by atoms with E-state index in [2.05, 4.69) is 27.7 Å². The van der Waals surface area contributed by atoms with Crippen LogP contribution in [0.1, 0.15) is 132 Å². The Balaban J connectivity index is 0. The lowest BCUT2D eigenvalue weighted by Crippen LogP contribution is -2.26. The van der Waals surface area contributed by atoms with E-state index in [0.29, 0.717) is 24.7 Å². The summed E-state index contributed by atoms with van der Waals surface area (Å²) in [5.74, 6) is 0.857. The number of hydrogen-bond acceptors (Lipinski definition) is 0. The van der Waals surface area contributed by atoms with Crippen molar-refractivity contribution in [3.63, 3.8) is 0 Å². The van der Waals surface area contributed by atoms with Gasteiger partial charge in [0.2, 0.25) is 5.92 Å². The Morgan fingerprint density at radius 3 is 1.22 bits per heavy atom. The van der Waals surface area contributed by atoms with Crippen LogP contribution < -0.4 is 0 Å². The van der Waals surface area contributed by atoms with Gasteiger partial charge in [0.15, 0.2) is 0 Å². The van der Waals surface area contributed by atoms with Gasteiger partial charge < -0.3 is 0 Å². The molecule has 3 aliphatic carbocycles. The minimum absolute atomic E-state index is 0.107. The molecule has 0 bridgehead atoms. The monoisotopic (exact) mass is 390 g/mol. The largest absolute Gasteiger partial charge is 0.248 e. The topological polar surface area (TPSA) is 0 Å². The van der Waals surface area contributed by atoms with E-state index in [1.54, 1.807) is 0 Å². The summed E-state index contributed by atoms with van der Waals surface area (Å²) in [6.45, 7) is 16.9. The second-order valence-corrected chi connectivity index (χ2v) is 8.72. The lowest BCUT2D eigenvalue weighted by molar-refractivity contribution is -0.0504. The molecular formula is C25H52F2. The Morgan fingerprint density at radius 2 is 1.00 bits per heavy atom. The van der Waals surface area contributed by atoms with Crippen molar-refractivity contribution in [1.29, 1.82) is 0 Å². The van der Waals surface area contributed by atoms with Crippen molar-refractivity contribution in [2.24, 2.45) is 23.7 Å². The van der Waals surface area contributed by atoms with Crippen molar-refractivity contribution in [3.8, 4) is 0 Å². The number of rotatable bonds is 1. The molecule has 0 spiro atoms. The summed E-state index contributed by atoms with van der Waals surface area (Å²) < 4.78 is 25.3. The van der Waals surface area contributed by atoms with Crippen LogP contribution >= 0.6 is 0 Å². The maximum Gasteiger partial charge on any atom is 0.248 e. The van der Waals surface area contributed by atoms with Gasteiger partial charge >= 0.3 is 0 Å². The van der Waals surface area contributed by atoms with Gasteiger partial charge in [-0.05, 0) is 36.5 Å².